The van der Waals surface area contributed by atoms with E-state index in [0.717, 1.165) is 5.56 Å². The molecule has 6 nitrogen and oxygen atoms in total. The van der Waals surface area contributed by atoms with E-state index >= 15 is 0 Å². The van der Waals surface area contributed by atoms with E-state index in [1.807, 2.05) is 6.07 Å². The van der Waals surface area contributed by atoms with Crippen LogP contribution in [0, 0.1) is 12.7 Å². The Morgan fingerprint density at radius 1 is 1.00 bits per heavy atom. The number of aryl methyl sites for hydroxylation is 1. The van der Waals surface area contributed by atoms with Crippen molar-refractivity contribution in [2.24, 2.45) is 4.99 Å². The molecule has 0 radical (unpaired) electrons. The Kier molecular flexibility index (Phi) is 6.24. The molecule has 10 heteroatoms. The number of nitrogens with zero attached hydrogens (tertiary/aromatic N) is 2. The number of alkyl halides is 3. The van der Waals surface area contributed by atoms with Crippen molar-refractivity contribution in [2.45, 2.75) is 19.5 Å². The SMILES string of the molecule is Cc1cc(-c2cccc(C3=Nc4cc(OCC(F)(F)F)c(-c5ccccc5F)cc4NC(=O)C3)c2)on1. The van der Waals surface area contributed by atoms with E-state index in [1.165, 1.54) is 30.3 Å². The Balaban J connectivity index is 1.61. The molecule has 0 unspecified atom stereocenters. The lowest BCUT2D eigenvalue weighted by Gasteiger charge is -2.16. The molecule has 1 aliphatic rings. The van der Waals surface area contributed by atoms with Crippen LogP contribution in [0.2, 0.25) is 0 Å². The predicted molar refractivity (Wildman–Crippen MR) is 130 cm³/mol. The highest BCUT2D eigenvalue weighted by atomic mass is 19.4. The number of anilines is 1. The van der Waals surface area contributed by atoms with E-state index in [9.17, 15) is 22.4 Å². The smallest absolute Gasteiger partial charge is 0.422 e. The van der Waals surface area contributed by atoms with Gasteiger partial charge in [-0.05, 0) is 30.7 Å². The lowest BCUT2D eigenvalue weighted by molar-refractivity contribution is -0.153. The van der Waals surface area contributed by atoms with Crippen LogP contribution >= 0.6 is 0 Å². The molecule has 1 aliphatic heterocycles. The average molecular weight is 509 g/mol. The molecule has 3 aromatic carbocycles. The number of nitrogens with one attached hydrogen (secondary N) is 1. The number of rotatable bonds is 5. The first-order valence-corrected chi connectivity index (χ1v) is 11.2. The van der Waals surface area contributed by atoms with Crippen molar-refractivity contribution in [3.05, 3.63) is 83.8 Å². The molecule has 0 spiro atoms. The van der Waals surface area contributed by atoms with Gasteiger partial charge in [0.2, 0.25) is 5.91 Å². The molecule has 1 amide bonds. The maximum atomic E-state index is 14.6. The molecule has 188 valence electrons. The van der Waals surface area contributed by atoms with Gasteiger partial charge in [-0.25, -0.2) is 9.38 Å². The molecule has 0 saturated heterocycles. The maximum absolute atomic E-state index is 14.6. The molecule has 0 atom stereocenters. The van der Waals surface area contributed by atoms with Crippen molar-refractivity contribution in [1.82, 2.24) is 5.16 Å². The second-order valence-electron chi connectivity index (χ2n) is 8.45. The summed E-state index contributed by atoms with van der Waals surface area (Å²) >= 11 is 0. The first-order valence-electron chi connectivity index (χ1n) is 11.2. The van der Waals surface area contributed by atoms with E-state index in [-0.39, 0.29) is 40.6 Å². The Morgan fingerprint density at radius 2 is 1.78 bits per heavy atom. The normalized spacial score (nSPS) is 13.4. The van der Waals surface area contributed by atoms with Crippen molar-refractivity contribution >= 4 is 23.0 Å². The molecule has 0 aliphatic carbocycles. The molecule has 1 aromatic heterocycles. The second kappa shape index (κ2) is 9.53. The number of hydrogen-bond donors (Lipinski definition) is 1. The minimum atomic E-state index is -4.61. The average Bonchev–Trinajstić information content (AvgIpc) is 3.22. The van der Waals surface area contributed by atoms with E-state index < -0.39 is 18.6 Å². The van der Waals surface area contributed by atoms with E-state index in [4.69, 9.17) is 9.26 Å². The minimum Gasteiger partial charge on any atom is -0.483 e. The number of hydrogen-bond acceptors (Lipinski definition) is 5. The molecule has 1 N–H and O–H groups in total. The molecule has 5 rings (SSSR count). The van der Waals surface area contributed by atoms with Gasteiger partial charge < -0.3 is 14.6 Å². The summed E-state index contributed by atoms with van der Waals surface area (Å²) in [6.45, 7) is 0.219. The third-order valence-electron chi connectivity index (χ3n) is 5.62. The van der Waals surface area contributed by atoms with Crippen LogP contribution in [0.1, 0.15) is 17.7 Å². The van der Waals surface area contributed by atoms with Gasteiger partial charge >= 0.3 is 6.18 Å². The summed E-state index contributed by atoms with van der Waals surface area (Å²) in [5.74, 6) is -0.716. The van der Waals surface area contributed by atoms with Gasteiger partial charge in [-0.2, -0.15) is 13.2 Å². The molecule has 0 saturated carbocycles. The second-order valence-corrected chi connectivity index (χ2v) is 8.45. The standard InChI is InChI=1S/C27H19F4N3O3/c1-15-9-24(37-34-15)17-6-4-5-16(10-17)21-13-26(35)33-22-11-19(18-7-2-3-8-20(18)28)25(12-23(22)32-21)36-14-27(29,30)31/h2-12H,13-14H2,1H3,(H,33,35). The van der Waals surface area contributed by atoms with Crippen LogP contribution in [0.3, 0.4) is 0 Å². The van der Waals surface area contributed by atoms with E-state index in [1.54, 1.807) is 37.3 Å². The fourth-order valence-corrected chi connectivity index (χ4v) is 3.98. The first-order chi connectivity index (χ1) is 17.7. The summed E-state index contributed by atoms with van der Waals surface area (Å²) < 4.78 is 63.9. The van der Waals surface area contributed by atoms with Crippen molar-refractivity contribution in [3.63, 3.8) is 0 Å². The highest BCUT2D eigenvalue weighted by Gasteiger charge is 2.30. The number of carbonyl (C=O) groups excluding carboxylic acids is 1. The zero-order valence-electron chi connectivity index (χ0n) is 19.4. The third kappa shape index (κ3) is 5.37. The maximum Gasteiger partial charge on any atom is 0.422 e. The topological polar surface area (TPSA) is 76.7 Å². The number of carbonyl (C=O) groups is 1. The number of ether oxygens (including phenoxy) is 1. The quantitative estimate of drug-likeness (QED) is 0.298. The number of aliphatic imine (C=N–C) groups is 1. The highest BCUT2D eigenvalue weighted by molar-refractivity contribution is 6.17. The van der Waals surface area contributed by atoms with E-state index in [0.29, 0.717) is 22.7 Å². The van der Waals surface area contributed by atoms with Gasteiger partial charge in [0, 0.05) is 28.8 Å². The summed E-state index contributed by atoms with van der Waals surface area (Å²) in [6, 6.07) is 17.2. The highest BCUT2D eigenvalue weighted by Crippen LogP contribution is 2.42. The Bertz CT molecular complexity index is 1530. The molecular formula is C27H19F4N3O3. The summed E-state index contributed by atoms with van der Waals surface area (Å²) in [5, 5.41) is 6.60. The number of fused-ring (bicyclic) bond motifs is 1. The summed E-state index contributed by atoms with van der Waals surface area (Å²) in [4.78, 5) is 17.4. The van der Waals surface area contributed by atoms with Gasteiger partial charge in [0.1, 0.15) is 11.6 Å². The summed E-state index contributed by atoms with van der Waals surface area (Å²) in [5.41, 5.74) is 2.91. The third-order valence-corrected chi connectivity index (χ3v) is 5.62. The lowest BCUT2D eigenvalue weighted by Crippen LogP contribution is -2.19. The fourth-order valence-electron chi connectivity index (χ4n) is 3.98. The number of aromatic nitrogens is 1. The predicted octanol–water partition coefficient (Wildman–Crippen LogP) is 6.86. The van der Waals surface area contributed by atoms with Crippen LogP contribution in [-0.2, 0) is 4.79 Å². The molecular weight excluding hydrogens is 490 g/mol. The van der Waals surface area contributed by atoms with Crippen molar-refractivity contribution in [3.8, 4) is 28.2 Å². The molecule has 37 heavy (non-hydrogen) atoms. The fraction of sp³-hybridized carbons (Fsp3) is 0.148. The van der Waals surface area contributed by atoms with Gasteiger partial charge in [-0.15, -0.1) is 0 Å². The van der Waals surface area contributed by atoms with Crippen LogP contribution in [0.5, 0.6) is 5.75 Å². The lowest BCUT2D eigenvalue weighted by atomic mass is 10.0. The monoisotopic (exact) mass is 509 g/mol. The zero-order valence-corrected chi connectivity index (χ0v) is 19.4. The number of halogens is 4. The van der Waals surface area contributed by atoms with Gasteiger partial charge in [0.15, 0.2) is 12.4 Å². The van der Waals surface area contributed by atoms with Crippen LogP contribution in [-0.4, -0.2) is 29.6 Å². The van der Waals surface area contributed by atoms with Crippen molar-refractivity contribution in [1.29, 1.82) is 0 Å². The van der Waals surface area contributed by atoms with Crippen molar-refractivity contribution in [2.75, 3.05) is 11.9 Å². The summed E-state index contributed by atoms with van der Waals surface area (Å²) in [7, 11) is 0. The van der Waals surface area contributed by atoms with Crippen LogP contribution in [0.15, 0.2) is 76.2 Å². The van der Waals surface area contributed by atoms with Gasteiger partial charge in [0.05, 0.1) is 29.2 Å². The van der Waals surface area contributed by atoms with Crippen LogP contribution in [0.25, 0.3) is 22.5 Å². The van der Waals surface area contributed by atoms with Crippen molar-refractivity contribution < 1.29 is 31.6 Å². The number of benzene rings is 3. The summed E-state index contributed by atoms with van der Waals surface area (Å²) in [6.07, 6.45) is -4.71. The Hall–Kier alpha value is -4.47. The van der Waals surface area contributed by atoms with E-state index in [2.05, 4.69) is 15.5 Å². The van der Waals surface area contributed by atoms with Gasteiger partial charge in [0.25, 0.3) is 0 Å². The molecule has 0 bridgehead atoms. The molecule has 2 heterocycles. The molecule has 0 fully saturated rings. The van der Waals surface area contributed by atoms with Gasteiger partial charge in [-0.1, -0.05) is 41.6 Å². The largest absolute Gasteiger partial charge is 0.483 e. The van der Waals surface area contributed by atoms with Crippen LogP contribution < -0.4 is 10.1 Å². The molecule has 4 aromatic rings. The minimum absolute atomic E-state index is 0.0280. The Morgan fingerprint density at radius 3 is 2.51 bits per heavy atom. The van der Waals surface area contributed by atoms with Gasteiger partial charge in [-0.3, -0.25) is 4.79 Å². The number of amides is 1. The first kappa shape index (κ1) is 24.2. The zero-order chi connectivity index (χ0) is 26.2. The van der Waals surface area contributed by atoms with Crippen LogP contribution in [0.4, 0.5) is 28.9 Å². The Labute approximate surface area is 208 Å².